The molecule has 41 heavy (non-hydrogen) atoms. The second kappa shape index (κ2) is 12.8. The first-order chi connectivity index (χ1) is 19.6. The van der Waals surface area contributed by atoms with E-state index in [-0.39, 0.29) is 12.2 Å². The number of carbonyl (C=O) groups is 2. The van der Waals surface area contributed by atoms with Crippen molar-refractivity contribution in [1.82, 2.24) is 20.5 Å². The Bertz CT molecular complexity index is 1540. The zero-order valence-electron chi connectivity index (χ0n) is 24.6. The van der Waals surface area contributed by atoms with Crippen molar-refractivity contribution in [3.05, 3.63) is 70.9 Å². The number of hydrogen-bond acceptors (Lipinski definition) is 7. The van der Waals surface area contributed by atoms with Crippen LogP contribution in [0.1, 0.15) is 61.3 Å². The van der Waals surface area contributed by atoms with Crippen molar-refractivity contribution in [3.8, 4) is 22.8 Å². The van der Waals surface area contributed by atoms with Crippen LogP contribution in [-0.4, -0.2) is 52.9 Å². The van der Waals surface area contributed by atoms with Gasteiger partial charge in [-0.1, -0.05) is 19.1 Å². The molecule has 0 bridgehead atoms. The molecule has 0 saturated heterocycles. The number of fused-ring (bicyclic) bond motifs is 1. The molecule has 1 amide bonds. The summed E-state index contributed by atoms with van der Waals surface area (Å²) in [4.78, 5) is 29.9. The van der Waals surface area contributed by atoms with Crippen molar-refractivity contribution in [2.75, 3.05) is 20.3 Å². The molecule has 0 aliphatic rings. The van der Waals surface area contributed by atoms with Crippen LogP contribution in [0, 0.1) is 6.92 Å². The zero-order chi connectivity index (χ0) is 29.6. The van der Waals surface area contributed by atoms with Gasteiger partial charge in [0, 0.05) is 41.2 Å². The summed E-state index contributed by atoms with van der Waals surface area (Å²) < 4.78 is 16.5. The first-order valence-corrected chi connectivity index (χ1v) is 13.8. The van der Waals surface area contributed by atoms with Crippen molar-refractivity contribution in [2.24, 2.45) is 0 Å². The fourth-order valence-corrected chi connectivity index (χ4v) is 4.41. The van der Waals surface area contributed by atoms with E-state index in [9.17, 15) is 9.59 Å². The van der Waals surface area contributed by atoms with E-state index in [2.05, 4.69) is 22.4 Å². The Balaban J connectivity index is 1.42. The molecule has 2 aromatic carbocycles. The van der Waals surface area contributed by atoms with Crippen LogP contribution in [0.2, 0.25) is 0 Å². The predicted octanol–water partition coefficient (Wildman–Crippen LogP) is 6.22. The van der Waals surface area contributed by atoms with Crippen LogP contribution in [0.4, 0.5) is 4.79 Å². The minimum atomic E-state index is -0.547. The molecule has 0 radical (unpaired) electrons. The summed E-state index contributed by atoms with van der Waals surface area (Å²) in [5.41, 5.74) is 5.43. The highest BCUT2D eigenvalue weighted by Gasteiger charge is 2.16. The third-order valence-corrected chi connectivity index (χ3v) is 6.49. The van der Waals surface area contributed by atoms with E-state index in [0.717, 1.165) is 39.9 Å². The van der Waals surface area contributed by atoms with E-state index >= 15 is 0 Å². The standard InChI is InChI=1S/C32H38N4O5/c1-7-27-25-11-12-28(34-30(25)36-35-27)26-15-21(10-9-20(26)2)16-29(37)22-17-23(39-6)19-24(18-22)40-14-8-13-33-31(38)41-32(3,4)5/h9-12,15,17-19H,7-8,13-14,16H2,1-6H3,(H,33,38)(H,34,35,36). The molecule has 9 nitrogen and oxygen atoms in total. The Kier molecular flexibility index (Phi) is 9.27. The Morgan fingerprint density at radius 2 is 1.80 bits per heavy atom. The Morgan fingerprint density at radius 1 is 1.02 bits per heavy atom. The van der Waals surface area contributed by atoms with Gasteiger partial charge in [0.1, 0.15) is 17.1 Å². The van der Waals surface area contributed by atoms with Crippen LogP contribution in [0.5, 0.6) is 11.5 Å². The molecular weight excluding hydrogens is 520 g/mol. The van der Waals surface area contributed by atoms with Gasteiger partial charge < -0.3 is 19.5 Å². The fraction of sp³-hybridized carbons (Fsp3) is 0.375. The van der Waals surface area contributed by atoms with E-state index in [1.807, 2.05) is 58.0 Å². The van der Waals surface area contributed by atoms with E-state index in [4.69, 9.17) is 19.2 Å². The van der Waals surface area contributed by atoms with E-state index in [0.29, 0.717) is 42.3 Å². The van der Waals surface area contributed by atoms with E-state index < -0.39 is 11.7 Å². The molecule has 0 fully saturated rings. The summed E-state index contributed by atoms with van der Waals surface area (Å²) in [6, 6.07) is 15.2. The number of hydrogen-bond donors (Lipinski definition) is 2. The average molecular weight is 559 g/mol. The first kappa shape index (κ1) is 29.6. The highest BCUT2D eigenvalue weighted by Crippen LogP contribution is 2.28. The van der Waals surface area contributed by atoms with Gasteiger partial charge in [-0.05, 0) is 82.0 Å². The highest BCUT2D eigenvalue weighted by atomic mass is 16.6. The number of methoxy groups -OCH3 is 1. The molecule has 4 aromatic rings. The van der Waals surface area contributed by atoms with Gasteiger partial charge in [-0.2, -0.15) is 5.10 Å². The number of ketones is 1. The normalized spacial score (nSPS) is 11.4. The number of amides is 1. The largest absolute Gasteiger partial charge is 0.497 e. The van der Waals surface area contributed by atoms with Crippen molar-refractivity contribution >= 4 is 22.9 Å². The maximum absolute atomic E-state index is 13.3. The lowest BCUT2D eigenvalue weighted by Gasteiger charge is -2.19. The Morgan fingerprint density at radius 3 is 2.54 bits per heavy atom. The molecule has 2 heterocycles. The molecule has 0 aliphatic carbocycles. The van der Waals surface area contributed by atoms with Crippen molar-refractivity contribution < 1.29 is 23.8 Å². The molecule has 2 N–H and O–H groups in total. The molecule has 0 unspecified atom stereocenters. The van der Waals surface area contributed by atoms with Crippen molar-refractivity contribution in [2.45, 2.75) is 59.5 Å². The number of aryl methyl sites for hydroxylation is 2. The van der Waals surface area contributed by atoms with Gasteiger partial charge in [-0.3, -0.25) is 9.89 Å². The van der Waals surface area contributed by atoms with Crippen LogP contribution in [0.15, 0.2) is 48.5 Å². The fourth-order valence-electron chi connectivity index (χ4n) is 4.41. The number of benzene rings is 2. The third-order valence-electron chi connectivity index (χ3n) is 6.49. The van der Waals surface area contributed by atoms with Crippen LogP contribution in [-0.2, 0) is 17.6 Å². The Labute approximate surface area is 240 Å². The molecular formula is C32H38N4O5. The summed E-state index contributed by atoms with van der Waals surface area (Å²) in [7, 11) is 1.55. The molecule has 0 atom stereocenters. The predicted molar refractivity (Wildman–Crippen MR) is 159 cm³/mol. The smallest absolute Gasteiger partial charge is 0.407 e. The van der Waals surface area contributed by atoms with Gasteiger partial charge in [0.2, 0.25) is 0 Å². The zero-order valence-corrected chi connectivity index (χ0v) is 24.6. The topological polar surface area (TPSA) is 115 Å². The summed E-state index contributed by atoms with van der Waals surface area (Å²) in [6.45, 7) is 10.3. The number of Topliss-reactive ketones (excluding diaryl/α,β-unsaturated/α-hetero) is 1. The SMILES string of the molecule is CCc1[nH]nc2nc(-c3cc(CC(=O)c4cc(OC)cc(OCCCNC(=O)OC(C)(C)C)c4)ccc3C)ccc12. The molecule has 0 aliphatic heterocycles. The lowest BCUT2D eigenvalue weighted by Crippen LogP contribution is -2.33. The maximum Gasteiger partial charge on any atom is 0.407 e. The lowest BCUT2D eigenvalue weighted by atomic mass is 9.97. The Hall–Kier alpha value is -4.40. The number of nitrogens with one attached hydrogen (secondary N) is 2. The number of alkyl carbamates (subject to hydrolysis) is 1. The number of H-pyrrole nitrogens is 1. The molecule has 4 rings (SSSR count). The minimum Gasteiger partial charge on any atom is -0.497 e. The second-order valence-corrected chi connectivity index (χ2v) is 10.9. The molecule has 216 valence electrons. The summed E-state index contributed by atoms with van der Waals surface area (Å²) in [5, 5.41) is 11.1. The van der Waals surface area contributed by atoms with E-state index in [1.165, 1.54) is 0 Å². The number of rotatable bonds is 11. The highest BCUT2D eigenvalue weighted by molar-refractivity contribution is 5.98. The van der Waals surface area contributed by atoms with Gasteiger partial charge >= 0.3 is 6.09 Å². The number of aromatic nitrogens is 3. The van der Waals surface area contributed by atoms with Gasteiger partial charge in [0.15, 0.2) is 11.4 Å². The van der Waals surface area contributed by atoms with Gasteiger partial charge in [-0.15, -0.1) is 0 Å². The molecule has 9 heteroatoms. The molecule has 0 saturated carbocycles. The summed E-state index contributed by atoms with van der Waals surface area (Å²) in [5.74, 6) is 1.00. The van der Waals surface area contributed by atoms with Crippen LogP contribution >= 0.6 is 0 Å². The van der Waals surface area contributed by atoms with Crippen molar-refractivity contribution in [3.63, 3.8) is 0 Å². The van der Waals surface area contributed by atoms with Gasteiger partial charge in [0.05, 0.1) is 19.4 Å². The van der Waals surface area contributed by atoms with E-state index in [1.54, 1.807) is 25.3 Å². The monoisotopic (exact) mass is 558 g/mol. The van der Waals surface area contributed by atoms with Crippen LogP contribution in [0.25, 0.3) is 22.3 Å². The second-order valence-electron chi connectivity index (χ2n) is 10.9. The summed E-state index contributed by atoms with van der Waals surface area (Å²) in [6.07, 6.45) is 1.18. The molecule has 0 spiro atoms. The van der Waals surface area contributed by atoms with Gasteiger partial charge in [-0.25, -0.2) is 9.78 Å². The molecule has 2 aromatic heterocycles. The van der Waals surface area contributed by atoms with Crippen LogP contribution < -0.4 is 14.8 Å². The minimum absolute atomic E-state index is 0.0570. The van der Waals surface area contributed by atoms with Gasteiger partial charge in [0.25, 0.3) is 0 Å². The lowest BCUT2D eigenvalue weighted by molar-refractivity contribution is 0.0525. The average Bonchev–Trinajstić information content (AvgIpc) is 3.35. The number of carbonyl (C=O) groups excluding carboxylic acids is 2. The van der Waals surface area contributed by atoms with Crippen molar-refractivity contribution in [1.29, 1.82) is 0 Å². The van der Waals surface area contributed by atoms with Crippen LogP contribution in [0.3, 0.4) is 0 Å². The quantitative estimate of drug-likeness (QED) is 0.166. The number of nitrogens with zero attached hydrogens (tertiary/aromatic N) is 2. The number of aromatic amines is 1. The first-order valence-electron chi connectivity index (χ1n) is 13.8. The number of pyridine rings is 1. The third kappa shape index (κ3) is 7.84. The summed E-state index contributed by atoms with van der Waals surface area (Å²) >= 11 is 0. The number of ether oxygens (including phenoxy) is 3. The maximum atomic E-state index is 13.3.